The number of thiazole rings is 1. The summed E-state index contributed by atoms with van der Waals surface area (Å²) >= 11 is 1.61. The van der Waals surface area contributed by atoms with Gasteiger partial charge in [-0.25, -0.2) is 9.78 Å². The number of carbonyl (C=O) groups excluding carboxylic acids is 1. The smallest absolute Gasteiger partial charge is 0.315 e. The van der Waals surface area contributed by atoms with Gasteiger partial charge >= 0.3 is 6.03 Å². The first-order valence-corrected chi connectivity index (χ1v) is 8.39. The molecule has 1 aromatic heterocycles. The lowest BCUT2D eigenvalue weighted by molar-refractivity contribution is 0.237. The first kappa shape index (κ1) is 17.3. The number of carbonyl (C=O) groups is 1. The maximum absolute atomic E-state index is 12.0. The Morgan fingerprint density at radius 1 is 1.39 bits per heavy atom. The summed E-state index contributed by atoms with van der Waals surface area (Å²) < 4.78 is 5.21. The lowest BCUT2D eigenvalue weighted by atomic mass is 10.1. The molecule has 0 aliphatic heterocycles. The van der Waals surface area contributed by atoms with Crippen LogP contribution in [0.1, 0.15) is 28.1 Å². The molecule has 124 valence electrons. The van der Waals surface area contributed by atoms with Crippen LogP contribution in [0, 0.1) is 13.8 Å². The lowest BCUT2D eigenvalue weighted by Gasteiger charge is -2.15. The molecule has 1 heterocycles. The van der Waals surface area contributed by atoms with E-state index < -0.39 is 0 Å². The van der Waals surface area contributed by atoms with Gasteiger partial charge in [0.1, 0.15) is 10.8 Å². The number of hydrogen-bond acceptors (Lipinski definition) is 4. The van der Waals surface area contributed by atoms with E-state index in [0.717, 1.165) is 28.4 Å². The Morgan fingerprint density at radius 3 is 2.83 bits per heavy atom. The van der Waals surface area contributed by atoms with E-state index in [4.69, 9.17) is 4.74 Å². The van der Waals surface area contributed by atoms with E-state index in [2.05, 4.69) is 15.6 Å². The maximum atomic E-state index is 12.0. The number of ether oxygens (including phenoxy) is 1. The molecule has 2 rings (SSSR count). The van der Waals surface area contributed by atoms with Crippen LogP contribution in [0.3, 0.4) is 0 Å². The van der Waals surface area contributed by atoms with Crippen LogP contribution in [0.2, 0.25) is 0 Å². The summed E-state index contributed by atoms with van der Waals surface area (Å²) in [7, 11) is 1.65. The second-order valence-corrected chi connectivity index (χ2v) is 6.82. The molecule has 0 fully saturated rings. The molecule has 5 nitrogen and oxygen atoms in total. The summed E-state index contributed by atoms with van der Waals surface area (Å²) in [5.74, 6) is 0.827. The van der Waals surface area contributed by atoms with E-state index in [9.17, 15) is 4.79 Å². The number of aromatic nitrogens is 1. The molecular formula is C17H23N3O2S. The van der Waals surface area contributed by atoms with Crippen molar-refractivity contribution in [2.75, 3.05) is 7.11 Å². The maximum Gasteiger partial charge on any atom is 0.315 e. The predicted octanol–water partition coefficient (Wildman–Crippen LogP) is 3.20. The molecule has 6 heteroatoms. The van der Waals surface area contributed by atoms with Gasteiger partial charge in [0.05, 0.1) is 19.3 Å². The van der Waals surface area contributed by atoms with E-state index in [1.54, 1.807) is 18.4 Å². The van der Waals surface area contributed by atoms with Gasteiger partial charge in [-0.3, -0.25) is 0 Å². The fraction of sp³-hybridized carbons (Fsp3) is 0.412. The van der Waals surface area contributed by atoms with Crippen molar-refractivity contribution in [3.05, 3.63) is 45.4 Å². The van der Waals surface area contributed by atoms with Crippen LogP contribution in [0.15, 0.2) is 24.3 Å². The Hall–Kier alpha value is -2.08. The number of methoxy groups -OCH3 is 1. The van der Waals surface area contributed by atoms with Gasteiger partial charge in [0.25, 0.3) is 0 Å². The average molecular weight is 333 g/mol. The normalized spacial score (nSPS) is 11.8. The number of nitrogens with one attached hydrogen (secondary N) is 2. The van der Waals surface area contributed by atoms with Crippen molar-refractivity contribution in [1.29, 1.82) is 0 Å². The molecule has 2 amide bonds. The summed E-state index contributed by atoms with van der Waals surface area (Å²) in [6.07, 6.45) is 0.750. The zero-order valence-corrected chi connectivity index (χ0v) is 14.8. The Kier molecular flexibility index (Phi) is 5.98. The van der Waals surface area contributed by atoms with E-state index in [0.29, 0.717) is 6.54 Å². The molecule has 0 bridgehead atoms. The zero-order valence-electron chi connectivity index (χ0n) is 14.0. The quantitative estimate of drug-likeness (QED) is 0.853. The van der Waals surface area contributed by atoms with Crippen LogP contribution in [-0.4, -0.2) is 24.2 Å². The Morgan fingerprint density at radius 2 is 2.17 bits per heavy atom. The number of benzene rings is 1. The number of nitrogens with zero attached hydrogens (tertiary/aromatic N) is 1. The fourth-order valence-corrected chi connectivity index (χ4v) is 3.12. The van der Waals surface area contributed by atoms with E-state index >= 15 is 0 Å². The molecule has 23 heavy (non-hydrogen) atoms. The zero-order chi connectivity index (χ0) is 16.8. The third-order valence-electron chi connectivity index (χ3n) is 3.53. The number of rotatable bonds is 6. The highest BCUT2D eigenvalue weighted by molar-refractivity contribution is 7.11. The number of hydrogen-bond donors (Lipinski definition) is 2. The molecule has 0 saturated carbocycles. The minimum absolute atomic E-state index is 0.0295. The van der Waals surface area contributed by atoms with Crippen LogP contribution in [0.5, 0.6) is 5.75 Å². The molecule has 1 atom stereocenters. The van der Waals surface area contributed by atoms with Crippen molar-refractivity contribution in [1.82, 2.24) is 15.6 Å². The van der Waals surface area contributed by atoms with Crippen LogP contribution in [0.25, 0.3) is 0 Å². The number of amides is 2. The molecule has 0 saturated heterocycles. The Bertz CT molecular complexity index is 650. The summed E-state index contributed by atoms with van der Waals surface area (Å²) in [6.45, 7) is 6.45. The lowest BCUT2D eigenvalue weighted by Crippen LogP contribution is -2.41. The highest BCUT2D eigenvalue weighted by atomic mass is 32.1. The van der Waals surface area contributed by atoms with Crippen molar-refractivity contribution in [2.24, 2.45) is 0 Å². The first-order chi connectivity index (χ1) is 11.0. The van der Waals surface area contributed by atoms with Crippen molar-refractivity contribution in [3.63, 3.8) is 0 Å². The largest absolute Gasteiger partial charge is 0.497 e. The minimum atomic E-state index is -0.175. The number of aryl methyl sites for hydroxylation is 2. The van der Waals surface area contributed by atoms with E-state index in [1.165, 1.54) is 4.88 Å². The molecule has 1 aromatic carbocycles. The van der Waals surface area contributed by atoms with Gasteiger partial charge in [-0.1, -0.05) is 12.1 Å². The van der Waals surface area contributed by atoms with Gasteiger partial charge in [0.15, 0.2) is 0 Å². The van der Waals surface area contributed by atoms with Crippen LogP contribution >= 0.6 is 11.3 Å². The third-order valence-corrected chi connectivity index (χ3v) is 4.60. The van der Waals surface area contributed by atoms with Crippen LogP contribution in [-0.2, 0) is 13.0 Å². The highest BCUT2D eigenvalue weighted by Gasteiger charge is 2.10. The molecule has 0 aliphatic rings. The third kappa shape index (κ3) is 5.25. The number of urea groups is 1. The van der Waals surface area contributed by atoms with Gasteiger partial charge in [-0.15, -0.1) is 11.3 Å². The predicted molar refractivity (Wildman–Crippen MR) is 93.1 cm³/mol. The molecule has 0 spiro atoms. The standard InChI is InChI=1S/C17H23N3O2S/c1-11(8-14-6-5-7-15(9-14)22-4)19-17(21)18-10-16-20-12(2)13(3)23-16/h5-7,9,11H,8,10H2,1-4H3,(H2,18,19,21). The van der Waals surface area contributed by atoms with E-state index in [1.807, 2.05) is 45.0 Å². The molecule has 0 aliphatic carbocycles. The van der Waals surface area contributed by atoms with Gasteiger partial charge in [-0.05, 0) is 44.9 Å². The van der Waals surface area contributed by atoms with Gasteiger partial charge < -0.3 is 15.4 Å². The highest BCUT2D eigenvalue weighted by Crippen LogP contribution is 2.16. The molecule has 0 radical (unpaired) electrons. The van der Waals surface area contributed by atoms with Crippen LogP contribution in [0.4, 0.5) is 4.79 Å². The first-order valence-electron chi connectivity index (χ1n) is 7.58. The topological polar surface area (TPSA) is 63.2 Å². The average Bonchev–Trinajstić information content (AvgIpc) is 2.84. The Labute approximate surface area is 141 Å². The molecular weight excluding hydrogens is 310 g/mol. The van der Waals surface area contributed by atoms with E-state index in [-0.39, 0.29) is 12.1 Å². The monoisotopic (exact) mass is 333 g/mol. The fourth-order valence-electron chi connectivity index (χ4n) is 2.25. The molecule has 2 N–H and O–H groups in total. The van der Waals surface area contributed by atoms with Crippen molar-refractivity contribution in [2.45, 2.75) is 39.8 Å². The summed E-state index contributed by atoms with van der Waals surface area (Å²) in [4.78, 5) is 17.6. The second-order valence-electron chi connectivity index (χ2n) is 5.53. The Balaban J connectivity index is 1.79. The van der Waals surface area contributed by atoms with Gasteiger partial charge in [0.2, 0.25) is 0 Å². The summed E-state index contributed by atoms with van der Waals surface area (Å²) in [6, 6.07) is 7.73. The van der Waals surface area contributed by atoms with Crippen LogP contribution < -0.4 is 15.4 Å². The van der Waals surface area contributed by atoms with Crippen molar-refractivity contribution in [3.8, 4) is 5.75 Å². The van der Waals surface area contributed by atoms with Crippen molar-refractivity contribution < 1.29 is 9.53 Å². The van der Waals surface area contributed by atoms with Gasteiger partial charge in [0, 0.05) is 10.9 Å². The molecule has 1 unspecified atom stereocenters. The minimum Gasteiger partial charge on any atom is -0.497 e. The second kappa shape index (κ2) is 7.97. The van der Waals surface area contributed by atoms with Crippen molar-refractivity contribution >= 4 is 17.4 Å². The van der Waals surface area contributed by atoms with Gasteiger partial charge in [-0.2, -0.15) is 0 Å². The summed E-state index contributed by atoms with van der Waals surface area (Å²) in [5, 5.41) is 6.72. The summed E-state index contributed by atoms with van der Waals surface area (Å²) in [5.41, 5.74) is 2.15. The molecule has 2 aromatic rings. The SMILES string of the molecule is COc1cccc(CC(C)NC(=O)NCc2nc(C)c(C)s2)c1.